The van der Waals surface area contributed by atoms with Crippen molar-refractivity contribution in [2.24, 2.45) is 5.41 Å². The standard InChI is InChI=1S/C13H18N2O/c1-13(2,3)12(16)7-11-9-5-4-6-10(9)14-8-15-11/h8H,4-7H2,1-3H3. The third-order valence-electron chi connectivity index (χ3n) is 3.13. The fourth-order valence-electron chi connectivity index (χ4n) is 2.00. The summed E-state index contributed by atoms with van der Waals surface area (Å²) in [5.41, 5.74) is 3.03. The third-order valence-corrected chi connectivity index (χ3v) is 3.13. The number of carbonyl (C=O) groups is 1. The molecule has 0 bridgehead atoms. The summed E-state index contributed by atoms with van der Waals surface area (Å²) in [7, 11) is 0. The van der Waals surface area contributed by atoms with Gasteiger partial charge >= 0.3 is 0 Å². The molecule has 3 nitrogen and oxygen atoms in total. The van der Waals surface area contributed by atoms with E-state index in [9.17, 15) is 4.79 Å². The smallest absolute Gasteiger partial charge is 0.144 e. The molecule has 0 aromatic carbocycles. The number of ketones is 1. The minimum atomic E-state index is -0.281. The van der Waals surface area contributed by atoms with E-state index in [1.165, 1.54) is 5.56 Å². The Hall–Kier alpha value is -1.25. The molecule has 0 saturated carbocycles. The van der Waals surface area contributed by atoms with Gasteiger partial charge in [0, 0.05) is 17.5 Å². The van der Waals surface area contributed by atoms with E-state index in [0.717, 1.165) is 30.7 Å². The van der Waals surface area contributed by atoms with E-state index in [0.29, 0.717) is 6.42 Å². The highest BCUT2D eigenvalue weighted by Gasteiger charge is 2.24. The largest absolute Gasteiger partial charge is 0.299 e. The predicted molar refractivity (Wildman–Crippen MR) is 62.2 cm³/mol. The summed E-state index contributed by atoms with van der Waals surface area (Å²) in [6.07, 6.45) is 5.26. The number of aromatic nitrogens is 2. The Morgan fingerprint density at radius 1 is 1.31 bits per heavy atom. The zero-order chi connectivity index (χ0) is 11.8. The van der Waals surface area contributed by atoms with Crippen molar-refractivity contribution in [3.63, 3.8) is 0 Å². The van der Waals surface area contributed by atoms with Crippen LogP contribution in [0.1, 0.15) is 44.1 Å². The maximum absolute atomic E-state index is 12.0. The van der Waals surface area contributed by atoms with Gasteiger partial charge in [-0.2, -0.15) is 0 Å². The van der Waals surface area contributed by atoms with E-state index < -0.39 is 0 Å². The SMILES string of the molecule is CC(C)(C)C(=O)Cc1ncnc2c1CCC2. The second-order valence-electron chi connectivity index (χ2n) is 5.45. The molecule has 1 aliphatic rings. The zero-order valence-electron chi connectivity index (χ0n) is 10.2. The maximum atomic E-state index is 12.0. The molecule has 3 heteroatoms. The van der Waals surface area contributed by atoms with Crippen LogP contribution in [-0.2, 0) is 24.1 Å². The molecule has 0 N–H and O–H groups in total. The fourth-order valence-corrected chi connectivity index (χ4v) is 2.00. The molecule has 0 spiro atoms. The van der Waals surface area contributed by atoms with Crippen LogP contribution in [0.3, 0.4) is 0 Å². The van der Waals surface area contributed by atoms with Crippen LogP contribution in [-0.4, -0.2) is 15.8 Å². The number of hydrogen-bond acceptors (Lipinski definition) is 3. The fraction of sp³-hybridized carbons (Fsp3) is 0.615. The molecular formula is C13H18N2O. The number of rotatable bonds is 2. The lowest BCUT2D eigenvalue weighted by Gasteiger charge is -2.16. The molecule has 0 radical (unpaired) electrons. The number of fused-ring (bicyclic) bond motifs is 1. The quantitative estimate of drug-likeness (QED) is 0.763. The van der Waals surface area contributed by atoms with Crippen molar-refractivity contribution >= 4 is 5.78 Å². The number of nitrogens with zero attached hydrogens (tertiary/aromatic N) is 2. The molecule has 0 saturated heterocycles. The van der Waals surface area contributed by atoms with E-state index in [1.54, 1.807) is 6.33 Å². The van der Waals surface area contributed by atoms with Crippen molar-refractivity contribution in [1.29, 1.82) is 0 Å². The molecule has 0 atom stereocenters. The van der Waals surface area contributed by atoms with Crippen LogP contribution in [0.25, 0.3) is 0 Å². The second-order valence-corrected chi connectivity index (χ2v) is 5.45. The molecule has 0 fully saturated rings. The normalized spacial score (nSPS) is 14.9. The van der Waals surface area contributed by atoms with E-state index in [-0.39, 0.29) is 11.2 Å². The van der Waals surface area contributed by atoms with Crippen molar-refractivity contribution in [3.8, 4) is 0 Å². The summed E-state index contributed by atoms with van der Waals surface area (Å²) in [6, 6.07) is 0. The Kier molecular flexibility index (Phi) is 2.78. The summed E-state index contributed by atoms with van der Waals surface area (Å²) in [5.74, 6) is 0.250. The molecular weight excluding hydrogens is 200 g/mol. The Morgan fingerprint density at radius 3 is 2.75 bits per heavy atom. The summed E-state index contributed by atoms with van der Waals surface area (Å²) in [4.78, 5) is 20.5. The van der Waals surface area contributed by atoms with Gasteiger partial charge in [0.2, 0.25) is 0 Å². The van der Waals surface area contributed by atoms with Gasteiger partial charge in [0.1, 0.15) is 12.1 Å². The monoisotopic (exact) mass is 218 g/mol. The molecule has 0 unspecified atom stereocenters. The first-order valence-electron chi connectivity index (χ1n) is 5.83. The summed E-state index contributed by atoms with van der Waals surface area (Å²) < 4.78 is 0. The average Bonchev–Trinajstić information content (AvgIpc) is 2.65. The summed E-state index contributed by atoms with van der Waals surface area (Å²) in [5, 5.41) is 0. The Bertz CT molecular complexity index is 418. The molecule has 1 heterocycles. The lowest BCUT2D eigenvalue weighted by Crippen LogP contribution is -2.23. The second kappa shape index (κ2) is 3.96. The molecule has 86 valence electrons. The highest BCUT2D eigenvalue weighted by molar-refractivity contribution is 5.85. The van der Waals surface area contributed by atoms with Gasteiger partial charge in [-0.25, -0.2) is 9.97 Å². The molecule has 1 aliphatic carbocycles. The molecule has 1 aromatic heterocycles. The Morgan fingerprint density at radius 2 is 2.06 bits per heavy atom. The van der Waals surface area contributed by atoms with Gasteiger partial charge in [0.05, 0.1) is 5.69 Å². The maximum Gasteiger partial charge on any atom is 0.144 e. The van der Waals surface area contributed by atoms with Crippen LogP contribution >= 0.6 is 0 Å². The lowest BCUT2D eigenvalue weighted by molar-refractivity contribution is -0.125. The van der Waals surface area contributed by atoms with Crippen molar-refractivity contribution in [2.75, 3.05) is 0 Å². The summed E-state index contributed by atoms with van der Waals surface area (Å²) >= 11 is 0. The lowest BCUT2D eigenvalue weighted by atomic mass is 9.87. The first-order valence-corrected chi connectivity index (χ1v) is 5.83. The number of Topliss-reactive ketones (excluding diaryl/α,β-unsaturated/α-hetero) is 1. The molecule has 2 rings (SSSR count). The van der Waals surface area contributed by atoms with Gasteiger partial charge in [-0.05, 0) is 24.8 Å². The number of hydrogen-bond donors (Lipinski definition) is 0. The van der Waals surface area contributed by atoms with Gasteiger partial charge in [-0.1, -0.05) is 20.8 Å². The van der Waals surface area contributed by atoms with Gasteiger partial charge in [0.15, 0.2) is 0 Å². The molecule has 0 aliphatic heterocycles. The highest BCUT2D eigenvalue weighted by atomic mass is 16.1. The van der Waals surface area contributed by atoms with E-state index in [4.69, 9.17) is 0 Å². The van der Waals surface area contributed by atoms with Crippen LogP contribution in [0.4, 0.5) is 0 Å². The van der Waals surface area contributed by atoms with Crippen molar-refractivity contribution in [3.05, 3.63) is 23.3 Å². The minimum absolute atomic E-state index is 0.250. The van der Waals surface area contributed by atoms with E-state index in [1.807, 2.05) is 20.8 Å². The Balaban J connectivity index is 2.23. The van der Waals surface area contributed by atoms with Gasteiger partial charge in [0.25, 0.3) is 0 Å². The molecule has 0 amide bonds. The zero-order valence-corrected chi connectivity index (χ0v) is 10.2. The highest BCUT2D eigenvalue weighted by Crippen LogP contribution is 2.24. The van der Waals surface area contributed by atoms with Crippen LogP contribution in [0.15, 0.2) is 6.33 Å². The van der Waals surface area contributed by atoms with Crippen LogP contribution in [0.5, 0.6) is 0 Å². The topological polar surface area (TPSA) is 42.9 Å². The number of carbonyl (C=O) groups excluding carboxylic acids is 1. The predicted octanol–water partition coefficient (Wildman–Crippen LogP) is 2.12. The number of aryl methyl sites for hydroxylation is 1. The van der Waals surface area contributed by atoms with Gasteiger partial charge in [-0.3, -0.25) is 4.79 Å². The third kappa shape index (κ3) is 2.13. The van der Waals surface area contributed by atoms with Crippen LogP contribution in [0, 0.1) is 5.41 Å². The average molecular weight is 218 g/mol. The Labute approximate surface area is 96.3 Å². The van der Waals surface area contributed by atoms with Crippen LogP contribution in [0.2, 0.25) is 0 Å². The van der Waals surface area contributed by atoms with E-state index in [2.05, 4.69) is 9.97 Å². The van der Waals surface area contributed by atoms with E-state index >= 15 is 0 Å². The molecule has 1 aromatic rings. The van der Waals surface area contributed by atoms with Gasteiger partial charge < -0.3 is 0 Å². The summed E-state index contributed by atoms with van der Waals surface area (Å²) in [6.45, 7) is 5.87. The molecule has 16 heavy (non-hydrogen) atoms. The van der Waals surface area contributed by atoms with Crippen molar-refractivity contribution < 1.29 is 4.79 Å². The first-order chi connectivity index (χ1) is 7.48. The van der Waals surface area contributed by atoms with Gasteiger partial charge in [-0.15, -0.1) is 0 Å². The van der Waals surface area contributed by atoms with Crippen molar-refractivity contribution in [1.82, 2.24) is 9.97 Å². The first kappa shape index (κ1) is 11.2. The van der Waals surface area contributed by atoms with Crippen LogP contribution < -0.4 is 0 Å². The minimum Gasteiger partial charge on any atom is -0.299 e. The van der Waals surface area contributed by atoms with Crippen molar-refractivity contribution in [2.45, 2.75) is 46.5 Å².